The highest BCUT2D eigenvalue weighted by molar-refractivity contribution is 5.90. The van der Waals surface area contributed by atoms with Gasteiger partial charge in [0.05, 0.1) is 17.7 Å². The predicted molar refractivity (Wildman–Crippen MR) is 68.5 cm³/mol. The lowest BCUT2D eigenvalue weighted by Gasteiger charge is -2.31. The topological polar surface area (TPSA) is 53.3 Å². The molecule has 1 amide bonds. The molecule has 0 radical (unpaired) electrons. The largest absolute Gasteiger partial charge is 0.448 e. The Morgan fingerprint density at radius 1 is 1.33 bits per heavy atom. The van der Waals surface area contributed by atoms with Gasteiger partial charge in [0.25, 0.3) is 0 Å². The van der Waals surface area contributed by atoms with Crippen molar-refractivity contribution < 1.29 is 9.53 Å². The van der Waals surface area contributed by atoms with Crippen LogP contribution in [0.3, 0.4) is 0 Å². The Balaban J connectivity index is 2.41. The van der Waals surface area contributed by atoms with Crippen LogP contribution in [0.25, 0.3) is 0 Å². The minimum atomic E-state index is -0.364. The number of ether oxygens (including phenoxy) is 1. The number of hydrogen-bond acceptors (Lipinski definition) is 3. The molecule has 4 nitrogen and oxygen atoms in total. The molecule has 4 heteroatoms. The first-order valence-electron chi connectivity index (χ1n) is 5.94. The molecule has 1 aromatic carbocycles. The Morgan fingerprint density at radius 3 is 2.50 bits per heavy atom. The van der Waals surface area contributed by atoms with Crippen LogP contribution in [0, 0.1) is 38.0 Å². The molecule has 1 unspecified atom stereocenters. The number of amides is 1. The molecule has 1 fully saturated rings. The van der Waals surface area contributed by atoms with Gasteiger partial charge in [0.1, 0.15) is 6.61 Å². The number of aryl methyl sites for hydroxylation is 3. The summed E-state index contributed by atoms with van der Waals surface area (Å²) in [6.45, 7) is 6.56. The molecule has 0 N–H and O–H groups in total. The van der Waals surface area contributed by atoms with Crippen molar-refractivity contribution in [1.29, 1.82) is 5.26 Å². The molecule has 0 aliphatic carbocycles. The second kappa shape index (κ2) is 4.69. The van der Waals surface area contributed by atoms with Gasteiger partial charge in [-0.1, -0.05) is 17.7 Å². The summed E-state index contributed by atoms with van der Waals surface area (Å²) in [5.41, 5.74) is 4.09. The second-order valence-corrected chi connectivity index (χ2v) is 4.76. The van der Waals surface area contributed by atoms with Crippen LogP contribution in [0.5, 0.6) is 0 Å². The van der Waals surface area contributed by atoms with E-state index in [4.69, 9.17) is 10.00 Å². The van der Waals surface area contributed by atoms with E-state index in [1.165, 1.54) is 0 Å². The highest BCUT2D eigenvalue weighted by Gasteiger charge is 2.30. The molecule has 0 spiro atoms. The zero-order valence-electron chi connectivity index (χ0n) is 10.9. The minimum Gasteiger partial charge on any atom is -0.448 e. The Hall–Kier alpha value is -2.02. The number of rotatable bonds is 1. The third-order valence-corrected chi connectivity index (χ3v) is 3.12. The van der Waals surface area contributed by atoms with Crippen LogP contribution in [0.2, 0.25) is 0 Å². The average Bonchev–Trinajstić information content (AvgIpc) is 2.30. The molecule has 1 atom stereocenters. The van der Waals surface area contributed by atoms with Crippen molar-refractivity contribution in [2.75, 3.05) is 18.1 Å². The fraction of sp³-hybridized carbons (Fsp3) is 0.429. The van der Waals surface area contributed by atoms with Crippen LogP contribution in [0.1, 0.15) is 16.7 Å². The molecule has 1 aromatic rings. The molecule has 18 heavy (non-hydrogen) atoms. The standard InChI is InChI=1S/C14H16N2O2/c1-9-4-10(2)13(11(3)5-9)16-7-12(6-15)8-18-14(16)17/h4-5,12H,7-8H2,1-3H3. The smallest absolute Gasteiger partial charge is 0.414 e. The molecule has 0 aromatic heterocycles. The van der Waals surface area contributed by atoms with Crippen LogP contribution in [0.4, 0.5) is 10.5 Å². The van der Waals surface area contributed by atoms with E-state index >= 15 is 0 Å². The Morgan fingerprint density at radius 2 is 1.94 bits per heavy atom. The Bertz CT molecular complexity index is 508. The SMILES string of the molecule is Cc1cc(C)c(N2CC(C#N)COC2=O)c(C)c1. The van der Waals surface area contributed by atoms with Crippen molar-refractivity contribution >= 4 is 11.8 Å². The average molecular weight is 244 g/mol. The summed E-state index contributed by atoms with van der Waals surface area (Å²) in [5, 5.41) is 8.96. The number of benzene rings is 1. The van der Waals surface area contributed by atoms with Gasteiger partial charge in [-0.3, -0.25) is 4.90 Å². The zero-order chi connectivity index (χ0) is 13.3. The van der Waals surface area contributed by atoms with Gasteiger partial charge in [-0.25, -0.2) is 4.79 Å². The van der Waals surface area contributed by atoms with Crippen molar-refractivity contribution in [2.45, 2.75) is 20.8 Å². The predicted octanol–water partition coefficient (Wildman–Crippen LogP) is 2.71. The van der Waals surface area contributed by atoms with Crippen molar-refractivity contribution in [3.05, 3.63) is 28.8 Å². The fourth-order valence-corrected chi connectivity index (χ4v) is 2.46. The van der Waals surface area contributed by atoms with Gasteiger partial charge >= 0.3 is 6.09 Å². The lowest BCUT2D eigenvalue weighted by atomic mass is 10.0. The quantitative estimate of drug-likeness (QED) is 0.763. The summed E-state index contributed by atoms with van der Waals surface area (Å²) in [5.74, 6) is -0.261. The van der Waals surface area contributed by atoms with E-state index in [0.29, 0.717) is 6.54 Å². The fourth-order valence-electron chi connectivity index (χ4n) is 2.46. The van der Waals surface area contributed by atoms with E-state index in [1.54, 1.807) is 4.90 Å². The summed E-state index contributed by atoms with van der Waals surface area (Å²) >= 11 is 0. The number of nitrogens with zero attached hydrogens (tertiary/aromatic N) is 2. The van der Waals surface area contributed by atoms with Crippen molar-refractivity contribution in [1.82, 2.24) is 0 Å². The number of carbonyl (C=O) groups is 1. The lowest BCUT2D eigenvalue weighted by Crippen LogP contribution is -2.43. The van der Waals surface area contributed by atoms with E-state index in [9.17, 15) is 4.79 Å². The van der Waals surface area contributed by atoms with E-state index < -0.39 is 0 Å². The minimum absolute atomic E-state index is 0.190. The van der Waals surface area contributed by atoms with Gasteiger partial charge < -0.3 is 4.74 Å². The number of anilines is 1. The summed E-state index contributed by atoms with van der Waals surface area (Å²) in [7, 11) is 0. The van der Waals surface area contributed by atoms with Gasteiger partial charge in [0.2, 0.25) is 0 Å². The van der Waals surface area contributed by atoms with Crippen molar-refractivity contribution in [2.24, 2.45) is 5.92 Å². The van der Waals surface area contributed by atoms with Crippen LogP contribution in [-0.2, 0) is 4.74 Å². The van der Waals surface area contributed by atoms with Crippen LogP contribution in [-0.4, -0.2) is 19.2 Å². The van der Waals surface area contributed by atoms with E-state index in [1.807, 2.05) is 32.9 Å². The first-order valence-corrected chi connectivity index (χ1v) is 5.94. The van der Waals surface area contributed by atoms with Crippen LogP contribution >= 0.6 is 0 Å². The molecule has 0 saturated carbocycles. The number of cyclic esters (lactones) is 1. The molecule has 0 bridgehead atoms. The van der Waals surface area contributed by atoms with E-state index in [2.05, 4.69) is 6.07 Å². The molecule has 94 valence electrons. The molecule has 1 aliphatic rings. The maximum atomic E-state index is 11.8. The monoisotopic (exact) mass is 244 g/mol. The first-order chi connectivity index (χ1) is 8.52. The van der Waals surface area contributed by atoms with Gasteiger partial charge in [0, 0.05) is 6.54 Å². The lowest BCUT2D eigenvalue weighted by molar-refractivity contribution is 0.127. The second-order valence-electron chi connectivity index (χ2n) is 4.76. The van der Waals surface area contributed by atoms with Crippen LogP contribution in [0.15, 0.2) is 12.1 Å². The summed E-state index contributed by atoms with van der Waals surface area (Å²) in [6.07, 6.45) is -0.364. The molecule has 1 saturated heterocycles. The maximum Gasteiger partial charge on any atom is 0.414 e. The normalized spacial score (nSPS) is 19.3. The highest BCUT2D eigenvalue weighted by atomic mass is 16.6. The molecular weight excluding hydrogens is 228 g/mol. The Labute approximate surface area is 107 Å². The molecule has 2 rings (SSSR count). The number of carbonyl (C=O) groups excluding carboxylic acids is 1. The number of nitriles is 1. The van der Waals surface area contributed by atoms with Gasteiger partial charge in [0.15, 0.2) is 0 Å². The highest BCUT2D eigenvalue weighted by Crippen LogP contribution is 2.29. The molecular formula is C14H16N2O2. The summed E-state index contributed by atoms with van der Waals surface area (Å²) in [4.78, 5) is 13.4. The van der Waals surface area contributed by atoms with Gasteiger partial charge in [-0.05, 0) is 31.9 Å². The summed E-state index contributed by atoms with van der Waals surface area (Å²) < 4.78 is 5.05. The van der Waals surface area contributed by atoms with E-state index in [-0.39, 0.29) is 18.6 Å². The summed E-state index contributed by atoms with van der Waals surface area (Å²) in [6, 6.07) is 6.22. The van der Waals surface area contributed by atoms with Crippen molar-refractivity contribution in [3.8, 4) is 6.07 Å². The molecule has 1 heterocycles. The van der Waals surface area contributed by atoms with Gasteiger partial charge in [-0.2, -0.15) is 5.26 Å². The van der Waals surface area contributed by atoms with Crippen molar-refractivity contribution in [3.63, 3.8) is 0 Å². The third kappa shape index (κ3) is 2.17. The first kappa shape index (κ1) is 12.4. The molecule has 1 aliphatic heterocycles. The number of hydrogen-bond donors (Lipinski definition) is 0. The van der Waals surface area contributed by atoms with Crippen LogP contribution < -0.4 is 4.90 Å². The third-order valence-electron chi connectivity index (χ3n) is 3.12. The van der Waals surface area contributed by atoms with E-state index in [0.717, 1.165) is 22.4 Å². The Kier molecular flexibility index (Phi) is 3.24. The zero-order valence-corrected chi connectivity index (χ0v) is 10.9. The van der Waals surface area contributed by atoms with Gasteiger partial charge in [-0.15, -0.1) is 0 Å². The maximum absolute atomic E-state index is 11.8.